The van der Waals surface area contributed by atoms with Crippen LogP contribution in [0.2, 0.25) is 5.02 Å². The Hall–Kier alpha value is -3.58. The molecule has 1 atom stereocenters. The van der Waals surface area contributed by atoms with E-state index in [-0.39, 0.29) is 5.92 Å². The molecule has 7 nitrogen and oxygen atoms in total. The zero-order valence-electron chi connectivity index (χ0n) is 18.5. The van der Waals surface area contributed by atoms with Crippen LogP contribution in [0, 0.1) is 5.92 Å². The Bertz CT molecular complexity index is 1360. The summed E-state index contributed by atoms with van der Waals surface area (Å²) in [5.74, 6) is -0.817. The molecule has 8 heteroatoms. The molecular weight excluding hydrogens is 442 g/mol. The van der Waals surface area contributed by atoms with Crippen LogP contribution in [0.25, 0.3) is 27.5 Å². The molecule has 0 fully saturated rings. The van der Waals surface area contributed by atoms with E-state index in [0.717, 1.165) is 11.1 Å². The van der Waals surface area contributed by atoms with Crippen molar-refractivity contribution in [1.82, 2.24) is 14.9 Å². The van der Waals surface area contributed by atoms with E-state index in [0.29, 0.717) is 39.2 Å². The molecule has 33 heavy (non-hydrogen) atoms. The first kappa shape index (κ1) is 22.6. The highest BCUT2D eigenvalue weighted by molar-refractivity contribution is 6.31. The summed E-state index contributed by atoms with van der Waals surface area (Å²) >= 11 is 6.15. The van der Waals surface area contributed by atoms with E-state index in [4.69, 9.17) is 16.3 Å². The fourth-order valence-electron chi connectivity index (χ4n) is 4.03. The number of carbonyl (C=O) groups is 2. The Morgan fingerprint density at radius 2 is 1.97 bits per heavy atom. The number of benzene rings is 2. The predicted octanol–water partition coefficient (Wildman–Crippen LogP) is 5.07. The van der Waals surface area contributed by atoms with Crippen LogP contribution in [-0.4, -0.2) is 39.7 Å². The summed E-state index contributed by atoms with van der Waals surface area (Å²) in [6.07, 6.45) is 3.72. The smallest absolute Gasteiger partial charge is 0.326 e. The number of rotatable bonds is 7. The van der Waals surface area contributed by atoms with Gasteiger partial charge in [-0.15, -0.1) is 0 Å². The van der Waals surface area contributed by atoms with Gasteiger partial charge in [0.1, 0.15) is 11.8 Å². The highest BCUT2D eigenvalue weighted by Gasteiger charge is 2.25. The molecule has 1 amide bonds. The first-order chi connectivity index (χ1) is 15.8. The number of nitrogens with zero attached hydrogens (tertiary/aromatic N) is 2. The van der Waals surface area contributed by atoms with Gasteiger partial charge in [0.25, 0.3) is 5.91 Å². The lowest BCUT2D eigenvalue weighted by atomic mass is 10.0. The minimum atomic E-state index is -1.06. The van der Waals surface area contributed by atoms with E-state index < -0.39 is 17.9 Å². The van der Waals surface area contributed by atoms with Crippen molar-refractivity contribution >= 4 is 45.3 Å². The largest absolute Gasteiger partial charge is 0.495 e. The summed E-state index contributed by atoms with van der Waals surface area (Å²) in [5.41, 5.74) is 2.56. The molecule has 0 aliphatic heterocycles. The van der Waals surface area contributed by atoms with Crippen LogP contribution in [0.1, 0.15) is 30.6 Å². The molecule has 0 unspecified atom stereocenters. The van der Waals surface area contributed by atoms with E-state index in [9.17, 15) is 14.7 Å². The highest BCUT2D eigenvalue weighted by Crippen LogP contribution is 2.34. The summed E-state index contributed by atoms with van der Waals surface area (Å²) < 4.78 is 7.48. The molecule has 0 aliphatic rings. The maximum Gasteiger partial charge on any atom is 0.326 e. The van der Waals surface area contributed by atoms with E-state index in [2.05, 4.69) is 10.3 Å². The zero-order valence-corrected chi connectivity index (χ0v) is 19.3. The van der Waals surface area contributed by atoms with Gasteiger partial charge in [-0.3, -0.25) is 9.78 Å². The number of carboxylic acid groups (broad SMARTS) is 1. The number of ether oxygens (including phenoxy) is 1. The molecule has 170 valence electrons. The van der Waals surface area contributed by atoms with E-state index in [1.54, 1.807) is 37.7 Å². The molecular formula is C25H24ClN3O4. The molecule has 0 bridgehead atoms. The molecule has 0 aliphatic carbocycles. The normalized spacial score (nSPS) is 12.3. The van der Waals surface area contributed by atoms with Crippen molar-refractivity contribution in [3.63, 3.8) is 0 Å². The van der Waals surface area contributed by atoms with Gasteiger partial charge in [-0.1, -0.05) is 37.6 Å². The average molecular weight is 466 g/mol. The van der Waals surface area contributed by atoms with E-state index >= 15 is 0 Å². The van der Waals surface area contributed by atoms with Crippen LogP contribution in [0.15, 0.2) is 54.9 Å². The molecule has 0 saturated carbocycles. The number of carbonyl (C=O) groups excluding carboxylic acids is 1. The summed E-state index contributed by atoms with van der Waals surface area (Å²) in [5, 5.41) is 14.3. The molecule has 2 N–H and O–H groups in total. The first-order valence-electron chi connectivity index (χ1n) is 10.6. The number of halogens is 1. The molecule has 2 heterocycles. The second kappa shape index (κ2) is 9.11. The van der Waals surface area contributed by atoms with Crippen molar-refractivity contribution in [2.45, 2.75) is 26.3 Å². The number of aliphatic carboxylic acids is 1. The van der Waals surface area contributed by atoms with Gasteiger partial charge < -0.3 is 19.7 Å². The lowest BCUT2D eigenvalue weighted by Gasteiger charge is -2.16. The third-order valence-electron chi connectivity index (χ3n) is 5.50. The number of hydrogen-bond acceptors (Lipinski definition) is 4. The molecule has 0 radical (unpaired) electrons. The highest BCUT2D eigenvalue weighted by atomic mass is 35.5. The second-order valence-corrected chi connectivity index (χ2v) is 8.69. The van der Waals surface area contributed by atoms with Crippen molar-refractivity contribution in [2.75, 3.05) is 7.11 Å². The number of nitrogens with one attached hydrogen (secondary N) is 1. The number of hydrogen-bond donors (Lipinski definition) is 2. The van der Waals surface area contributed by atoms with Gasteiger partial charge in [-0.05, 0) is 42.7 Å². The predicted molar refractivity (Wildman–Crippen MR) is 128 cm³/mol. The third kappa shape index (κ3) is 4.36. The second-order valence-electron chi connectivity index (χ2n) is 8.25. The fourth-order valence-corrected chi connectivity index (χ4v) is 4.20. The summed E-state index contributed by atoms with van der Waals surface area (Å²) in [4.78, 5) is 29.4. The SMILES string of the molecule is COc1cccc2c(C(=O)N[C@@H](CC(C)C)C(=O)O)cn(-c3ccnc4cc(Cl)ccc34)c12. The summed E-state index contributed by atoms with van der Waals surface area (Å²) in [7, 11) is 1.57. The van der Waals surface area contributed by atoms with Crippen molar-refractivity contribution in [2.24, 2.45) is 5.92 Å². The Kier molecular flexibility index (Phi) is 6.24. The number of para-hydroxylation sites is 1. The maximum atomic E-state index is 13.2. The molecule has 0 spiro atoms. The van der Waals surface area contributed by atoms with Gasteiger partial charge in [0.05, 0.1) is 29.4 Å². The topological polar surface area (TPSA) is 93.5 Å². The van der Waals surface area contributed by atoms with Gasteiger partial charge in [0.2, 0.25) is 0 Å². The fraction of sp³-hybridized carbons (Fsp3) is 0.240. The van der Waals surface area contributed by atoms with Gasteiger partial charge in [-0.25, -0.2) is 4.79 Å². The molecule has 2 aromatic heterocycles. The van der Waals surface area contributed by atoms with Crippen molar-refractivity contribution in [3.8, 4) is 11.4 Å². The standard InChI is InChI=1S/C25H24ClN3O4/c1-14(2)11-20(25(31)32)28-24(30)18-13-29(23-16(18)5-4-6-22(23)33-3)21-9-10-27-19-12-15(26)7-8-17(19)21/h4-10,12-14,20H,11H2,1-3H3,(H,28,30)(H,31,32)/t20-/m0/s1. The Labute approximate surface area is 195 Å². The van der Waals surface area contributed by atoms with Crippen molar-refractivity contribution in [3.05, 3.63) is 65.4 Å². The molecule has 2 aromatic carbocycles. The number of pyridine rings is 1. The first-order valence-corrected chi connectivity index (χ1v) is 10.9. The van der Waals surface area contributed by atoms with Crippen molar-refractivity contribution < 1.29 is 19.4 Å². The van der Waals surface area contributed by atoms with Crippen LogP contribution in [-0.2, 0) is 4.79 Å². The maximum absolute atomic E-state index is 13.2. The number of aromatic nitrogens is 2. The summed E-state index contributed by atoms with van der Waals surface area (Å²) in [6.45, 7) is 3.83. The molecule has 4 aromatic rings. The number of carboxylic acids is 1. The molecule has 4 rings (SSSR count). The summed E-state index contributed by atoms with van der Waals surface area (Å²) in [6, 6.07) is 11.8. The Morgan fingerprint density at radius 1 is 1.18 bits per heavy atom. The Morgan fingerprint density at radius 3 is 2.67 bits per heavy atom. The van der Waals surface area contributed by atoms with Gasteiger partial charge in [-0.2, -0.15) is 0 Å². The number of amides is 1. The van der Waals surface area contributed by atoms with Gasteiger partial charge >= 0.3 is 5.97 Å². The quantitative estimate of drug-likeness (QED) is 0.397. The van der Waals surface area contributed by atoms with E-state index in [1.807, 2.05) is 42.7 Å². The van der Waals surface area contributed by atoms with Crippen LogP contribution in [0.5, 0.6) is 5.75 Å². The average Bonchev–Trinajstić information content (AvgIpc) is 3.17. The minimum Gasteiger partial charge on any atom is -0.495 e. The molecule has 0 saturated heterocycles. The van der Waals surface area contributed by atoms with E-state index in [1.165, 1.54) is 0 Å². The third-order valence-corrected chi connectivity index (χ3v) is 5.74. The lowest BCUT2D eigenvalue weighted by Crippen LogP contribution is -2.41. The lowest BCUT2D eigenvalue weighted by molar-refractivity contribution is -0.139. The van der Waals surface area contributed by atoms with Gasteiger partial charge in [0, 0.05) is 28.2 Å². The number of methoxy groups -OCH3 is 1. The zero-order chi connectivity index (χ0) is 23.7. The van der Waals surface area contributed by atoms with Crippen LogP contribution in [0.3, 0.4) is 0 Å². The Balaban J connectivity index is 1.90. The van der Waals surface area contributed by atoms with Crippen LogP contribution >= 0.6 is 11.6 Å². The minimum absolute atomic E-state index is 0.114. The van der Waals surface area contributed by atoms with Crippen LogP contribution in [0.4, 0.5) is 0 Å². The van der Waals surface area contributed by atoms with Gasteiger partial charge in [0.15, 0.2) is 0 Å². The van der Waals surface area contributed by atoms with Crippen LogP contribution < -0.4 is 10.1 Å². The number of fused-ring (bicyclic) bond motifs is 2. The van der Waals surface area contributed by atoms with Crippen molar-refractivity contribution in [1.29, 1.82) is 0 Å². The monoisotopic (exact) mass is 465 g/mol.